The van der Waals surface area contributed by atoms with Gasteiger partial charge in [0.2, 0.25) is 0 Å². The molecular weight excluding hydrogens is 274 g/mol. The van der Waals surface area contributed by atoms with Crippen molar-refractivity contribution in [1.29, 1.82) is 0 Å². The molecule has 5 nitrogen and oxygen atoms in total. The van der Waals surface area contributed by atoms with Crippen LogP contribution < -0.4 is 0 Å². The summed E-state index contributed by atoms with van der Waals surface area (Å²) in [7, 11) is 1.97. The second kappa shape index (κ2) is 7.42. The van der Waals surface area contributed by atoms with Gasteiger partial charge in [-0.3, -0.25) is 0 Å². The molecular formula is C14H19N3O2S. The highest BCUT2D eigenvalue weighted by Gasteiger charge is 2.10. The number of aliphatic hydroxyl groups excluding tert-OH is 1. The minimum absolute atomic E-state index is 0.0616. The first-order valence-corrected chi connectivity index (χ1v) is 7.48. The molecule has 0 spiro atoms. The Kier molecular flexibility index (Phi) is 5.58. The molecule has 1 N–H and O–H groups in total. The van der Waals surface area contributed by atoms with E-state index in [1.807, 2.05) is 23.7 Å². The van der Waals surface area contributed by atoms with E-state index in [1.165, 1.54) is 5.56 Å². The van der Waals surface area contributed by atoms with Gasteiger partial charge in [-0.15, -0.1) is 10.2 Å². The molecule has 6 heteroatoms. The van der Waals surface area contributed by atoms with E-state index in [4.69, 9.17) is 9.84 Å². The van der Waals surface area contributed by atoms with Crippen LogP contribution in [0.15, 0.2) is 29.4 Å². The fourth-order valence-corrected chi connectivity index (χ4v) is 2.60. The van der Waals surface area contributed by atoms with E-state index in [1.54, 1.807) is 11.8 Å². The van der Waals surface area contributed by atoms with Crippen molar-refractivity contribution in [2.75, 3.05) is 25.6 Å². The highest BCUT2D eigenvalue weighted by molar-refractivity contribution is 7.99. The summed E-state index contributed by atoms with van der Waals surface area (Å²) < 4.78 is 7.21. The molecule has 0 saturated carbocycles. The summed E-state index contributed by atoms with van der Waals surface area (Å²) in [5.41, 5.74) is 2.28. The Morgan fingerprint density at radius 1 is 1.30 bits per heavy atom. The maximum atomic E-state index is 8.62. The van der Waals surface area contributed by atoms with Gasteiger partial charge < -0.3 is 14.4 Å². The standard InChI is InChI=1S/C14H19N3O2S/c1-11-4-3-5-12(10-11)13-15-16-14(17(13)2)20-9-8-19-7-6-18/h3-5,10,18H,6-9H2,1-2H3. The maximum absolute atomic E-state index is 8.62. The molecule has 2 aromatic rings. The van der Waals surface area contributed by atoms with E-state index in [-0.39, 0.29) is 6.61 Å². The second-order valence-electron chi connectivity index (χ2n) is 4.42. The first kappa shape index (κ1) is 15.0. The van der Waals surface area contributed by atoms with Crippen molar-refractivity contribution in [1.82, 2.24) is 14.8 Å². The fourth-order valence-electron chi connectivity index (χ4n) is 1.83. The monoisotopic (exact) mass is 293 g/mol. The first-order valence-electron chi connectivity index (χ1n) is 6.50. The van der Waals surface area contributed by atoms with Gasteiger partial charge in [-0.1, -0.05) is 35.5 Å². The molecule has 0 saturated heterocycles. The van der Waals surface area contributed by atoms with Crippen LogP contribution in [-0.2, 0) is 11.8 Å². The molecule has 0 atom stereocenters. The zero-order valence-electron chi connectivity index (χ0n) is 11.7. The lowest BCUT2D eigenvalue weighted by molar-refractivity contribution is 0.103. The van der Waals surface area contributed by atoms with Crippen molar-refractivity contribution in [3.63, 3.8) is 0 Å². The van der Waals surface area contributed by atoms with E-state index >= 15 is 0 Å². The zero-order chi connectivity index (χ0) is 14.4. The third kappa shape index (κ3) is 3.82. The van der Waals surface area contributed by atoms with Gasteiger partial charge in [0.1, 0.15) is 0 Å². The Morgan fingerprint density at radius 3 is 2.90 bits per heavy atom. The number of thioether (sulfide) groups is 1. The number of benzene rings is 1. The Labute approximate surface area is 123 Å². The Morgan fingerprint density at radius 2 is 2.15 bits per heavy atom. The third-order valence-electron chi connectivity index (χ3n) is 2.81. The van der Waals surface area contributed by atoms with Crippen LogP contribution in [0, 0.1) is 6.92 Å². The molecule has 0 radical (unpaired) electrons. The summed E-state index contributed by atoms with van der Waals surface area (Å²) in [4.78, 5) is 0. The lowest BCUT2D eigenvalue weighted by atomic mass is 10.1. The van der Waals surface area contributed by atoms with Crippen LogP contribution in [0.4, 0.5) is 0 Å². The first-order chi connectivity index (χ1) is 9.72. The predicted molar refractivity (Wildman–Crippen MR) is 79.8 cm³/mol. The van der Waals surface area contributed by atoms with Crippen LogP contribution in [0.2, 0.25) is 0 Å². The van der Waals surface area contributed by atoms with E-state index in [9.17, 15) is 0 Å². The molecule has 0 amide bonds. The average molecular weight is 293 g/mol. The molecule has 1 heterocycles. The van der Waals surface area contributed by atoms with Crippen LogP contribution in [0.5, 0.6) is 0 Å². The molecule has 108 valence electrons. The summed E-state index contributed by atoms with van der Waals surface area (Å²) in [5, 5.41) is 18.0. The van der Waals surface area contributed by atoms with Gasteiger partial charge in [-0.2, -0.15) is 0 Å². The van der Waals surface area contributed by atoms with Crippen LogP contribution in [0.25, 0.3) is 11.4 Å². The highest BCUT2D eigenvalue weighted by Crippen LogP contribution is 2.22. The summed E-state index contributed by atoms with van der Waals surface area (Å²) in [6, 6.07) is 8.22. The van der Waals surface area contributed by atoms with E-state index in [2.05, 4.69) is 29.3 Å². The van der Waals surface area contributed by atoms with Crippen LogP contribution in [-0.4, -0.2) is 45.4 Å². The number of rotatable bonds is 7. The Balaban J connectivity index is 2.00. The molecule has 0 aliphatic heterocycles. The smallest absolute Gasteiger partial charge is 0.191 e. The number of aryl methyl sites for hydroxylation is 1. The molecule has 0 fully saturated rings. The van der Waals surface area contributed by atoms with E-state index in [0.29, 0.717) is 13.2 Å². The maximum Gasteiger partial charge on any atom is 0.191 e. The number of ether oxygens (including phenoxy) is 1. The summed E-state index contributed by atoms with van der Waals surface area (Å²) in [6.07, 6.45) is 0. The molecule has 0 bridgehead atoms. The summed E-state index contributed by atoms with van der Waals surface area (Å²) in [5.74, 6) is 1.66. The van der Waals surface area contributed by atoms with Crippen molar-refractivity contribution in [3.8, 4) is 11.4 Å². The summed E-state index contributed by atoms with van der Waals surface area (Å²) in [6.45, 7) is 3.10. The second-order valence-corrected chi connectivity index (χ2v) is 5.48. The number of aliphatic hydroxyl groups is 1. The van der Waals surface area contributed by atoms with Crippen molar-refractivity contribution < 1.29 is 9.84 Å². The van der Waals surface area contributed by atoms with Crippen molar-refractivity contribution >= 4 is 11.8 Å². The van der Waals surface area contributed by atoms with Crippen LogP contribution in [0.1, 0.15) is 5.56 Å². The predicted octanol–water partition coefficient (Wildman–Crippen LogP) is 1.89. The number of aromatic nitrogens is 3. The Bertz CT molecular complexity index is 557. The molecule has 1 aromatic carbocycles. The van der Waals surface area contributed by atoms with Crippen molar-refractivity contribution in [2.24, 2.45) is 7.05 Å². The van der Waals surface area contributed by atoms with Gasteiger partial charge >= 0.3 is 0 Å². The minimum Gasteiger partial charge on any atom is -0.394 e. The number of nitrogens with zero attached hydrogens (tertiary/aromatic N) is 3. The quantitative estimate of drug-likeness (QED) is 0.624. The molecule has 0 aliphatic carbocycles. The largest absolute Gasteiger partial charge is 0.394 e. The van der Waals surface area contributed by atoms with Gasteiger partial charge in [0.25, 0.3) is 0 Å². The van der Waals surface area contributed by atoms with Crippen LogP contribution >= 0.6 is 11.8 Å². The molecule has 1 aromatic heterocycles. The topological polar surface area (TPSA) is 60.2 Å². The SMILES string of the molecule is Cc1cccc(-c2nnc(SCCOCCO)n2C)c1. The lowest BCUT2D eigenvalue weighted by Crippen LogP contribution is -2.03. The van der Waals surface area contributed by atoms with E-state index < -0.39 is 0 Å². The van der Waals surface area contributed by atoms with Gasteiger partial charge in [0.05, 0.1) is 19.8 Å². The minimum atomic E-state index is 0.0616. The number of hydrogen-bond donors (Lipinski definition) is 1. The number of hydrogen-bond acceptors (Lipinski definition) is 5. The van der Waals surface area contributed by atoms with E-state index in [0.717, 1.165) is 22.3 Å². The normalized spacial score (nSPS) is 10.9. The zero-order valence-corrected chi connectivity index (χ0v) is 12.6. The summed E-state index contributed by atoms with van der Waals surface area (Å²) >= 11 is 1.60. The molecule has 0 aliphatic rings. The molecule has 20 heavy (non-hydrogen) atoms. The van der Waals surface area contributed by atoms with Gasteiger partial charge in [-0.05, 0) is 13.0 Å². The van der Waals surface area contributed by atoms with Gasteiger partial charge in [0, 0.05) is 18.4 Å². The highest BCUT2D eigenvalue weighted by atomic mass is 32.2. The average Bonchev–Trinajstić information content (AvgIpc) is 2.80. The lowest BCUT2D eigenvalue weighted by Gasteiger charge is -2.05. The molecule has 0 unspecified atom stereocenters. The van der Waals surface area contributed by atoms with Gasteiger partial charge in [0.15, 0.2) is 11.0 Å². The third-order valence-corrected chi connectivity index (χ3v) is 3.79. The Hall–Kier alpha value is -1.37. The fraction of sp³-hybridized carbons (Fsp3) is 0.429. The van der Waals surface area contributed by atoms with Gasteiger partial charge in [-0.25, -0.2) is 0 Å². The van der Waals surface area contributed by atoms with Crippen molar-refractivity contribution in [3.05, 3.63) is 29.8 Å². The molecule has 2 rings (SSSR count). The van der Waals surface area contributed by atoms with Crippen LogP contribution in [0.3, 0.4) is 0 Å². The van der Waals surface area contributed by atoms with Crippen molar-refractivity contribution in [2.45, 2.75) is 12.1 Å².